The van der Waals surface area contributed by atoms with Gasteiger partial charge in [0, 0.05) is 25.8 Å². The Kier molecular flexibility index (Phi) is 9.49. The second kappa shape index (κ2) is 6.98. The number of pyridine rings is 1. The molecule has 0 saturated heterocycles. The molecular weight excluding hydrogens is 267 g/mol. The molecule has 0 bridgehead atoms. The van der Waals surface area contributed by atoms with E-state index in [-0.39, 0.29) is 32.0 Å². The fourth-order valence-corrected chi connectivity index (χ4v) is 0.277. The smallest absolute Gasteiger partial charge is 0 e. The summed E-state index contributed by atoms with van der Waals surface area (Å²) in [6.45, 7) is 0. The number of nitrogens with zero attached hydrogens (tertiary/aromatic N) is 1. The van der Waals surface area contributed by atoms with Gasteiger partial charge in [-0.1, -0.05) is 12.4 Å². The molecule has 1 rings (SSSR count). The first kappa shape index (κ1) is 10.9. The first-order valence-electron chi connectivity index (χ1n) is 1.77. The van der Waals surface area contributed by atoms with Crippen LogP contribution >= 0.6 is 0 Å². The minimum Gasteiger partial charge on any atom is -0.693 e. The Morgan fingerprint density at radius 3 is 2.12 bits per heavy atom. The molecule has 0 amide bonds. The molecule has 3 heteroatoms. The van der Waals surface area contributed by atoms with Gasteiger partial charge in [0.2, 0.25) is 0 Å². The monoisotopic (exact) mass is 274 g/mol. The van der Waals surface area contributed by atoms with E-state index < -0.39 is 0 Å². The third kappa shape index (κ3) is 4.15. The summed E-state index contributed by atoms with van der Waals surface area (Å²) in [6.07, 6.45) is 4.34. The van der Waals surface area contributed by atoms with Crippen LogP contribution in [-0.2, 0) is 25.8 Å². The van der Waals surface area contributed by atoms with Crippen molar-refractivity contribution in [2.24, 2.45) is 0 Å². The molecule has 1 aromatic rings. The summed E-state index contributed by atoms with van der Waals surface area (Å²) in [4.78, 5) is 3.66. The minimum absolute atomic E-state index is 0. The van der Waals surface area contributed by atoms with Gasteiger partial charge in [-0.2, -0.15) is 18.2 Å². The van der Waals surface area contributed by atoms with Crippen LogP contribution in [0, 0.1) is 6.20 Å². The molecule has 0 unspecified atom stereocenters. The minimum atomic E-state index is 0. The van der Waals surface area contributed by atoms with E-state index in [0.29, 0.717) is 0 Å². The van der Waals surface area contributed by atoms with Gasteiger partial charge in [-0.15, -0.1) is 0 Å². The van der Waals surface area contributed by atoms with Crippen molar-refractivity contribution in [3.05, 3.63) is 36.7 Å². The second-order valence-corrected chi connectivity index (χ2v) is 0.959. The largest absolute Gasteiger partial charge is 0.693 e. The third-order valence-corrected chi connectivity index (χ3v) is 0.517. The molecule has 42 valence electrons. The first-order valence-corrected chi connectivity index (χ1v) is 1.77. The van der Waals surface area contributed by atoms with Crippen LogP contribution in [0.1, 0.15) is 0 Å². The van der Waals surface area contributed by atoms with Gasteiger partial charge in [-0.05, 0) is 0 Å². The molecule has 0 aliphatic carbocycles. The molecular formula is C5H6HfN2-2. The van der Waals surface area contributed by atoms with Crippen LogP contribution in [0.3, 0.4) is 0 Å². The Bertz CT molecular complexity index is 82.4. The summed E-state index contributed by atoms with van der Waals surface area (Å²) < 4.78 is 0. The predicted molar refractivity (Wildman–Crippen MR) is 28.4 cm³/mol. The van der Waals surface area contributed by atoms with Crippen LogP contribution < -0.4 is 0 Å². The zero-order valence-corrected chi connectivity index (χ0v) is 7.93. The Hall–Kier alpha value is -0.0199. The van der Waals surface area contributed by atoms with Gasteiger partial charge in [0.05, 0.1) is 0 Å². The Labute approximate surface area is 67.7 Å². The van der Waals surface area contributed by atoms with E-state index in [9.17, 15) is 0 Å². The predicted octanol–water partition coefficient (Wildman–Crippen LogP) is 1.60. The van der Waals surface area contributed by atoms with Crippen molar-refractivity contribution < 1.29 is 25.8 Å². The van der Waals surface area contributed by atoms with Crippen molar-refractivity contribution >= 4 is 0 Å². The van der Waals surface area contributed by atoms with Crippen LogP contribution in [0.5, 0.6) is 0 Å². The molecule has 1 heterocycles. The van der Waals surface area contributed by atoms with Crippen molar-refractivity contribution in [2.75, 3.05) is 0 Å². The van der Waals surface area contributed by atoms with E-state index in [0.717, 1.165) is 0 Å². The van der Waals surface area contributed by atoms with Crippen LogP contribution in [0.2, 0.25) is 0 Å². The molecule has 0 spiro atoms. The molecule has 0 saturated carbocycles. The van der Waals surface area contributed by atoms with Crippen molar-refractivity contribution in [1.82, 2.24) is 4.98 Å². The zero-order valence-electron chi connectivity index (χ0n) is 4.33. The van der Waals surface area contributed by atoms with Gasteiger partial charge in [-0.25, -0.2) is 0 Å². The van der Waals surface area contributed by atoms with Crippen molar-refractivity contribution in [3.8, 4) is 0 Å². The van der Waals surface area contributed by atoms with Crippen molar-refractivity contribution in [1.29, 1.82) is 0 Å². The number of hydrogen-bond acceptors (Lipinski definition) is 1. The van der Waals surface area contributed by atoms with E-state index in [1.807, 2.05) is 12.1 Å². The number of rotatable bonds is 0. The summed E-state index contributed by atoms with van der Waals surface area (Å²) in [5.41, 5.74) is 0. The molecule has 0 fully saturated rings. The van der Waals surface area contributed by atoms with Crippen LogP contribution in [0.25, 0.3) is 6.15 Å². The molecule has 0 atom stereocenters. The third-order valence-electron chi connectivity index (χ3n) is 0.517. The van der Waals surface area contributed by atoms with E-state index in [2.05, 4.69) is 11.2 Å². The van der Waals surface area contributed by atoms with Crippen LogP contribution in [0.4, 0.5) is 0 Å². The van der Waals surface area contributed by atoms with Gasteiger partial charge in [0.1, 0.15) is 0 Å². The van der Waals surface area contributed by atoms with Crippen LogP contribution in [-0.4, -0.2) is 4.98 Å². The van der Waals surface area contributed by atoms with Crippen molar-refractivity contribution in [3.63, 3.8) is 0 Å². The molecule has 0 aliphatic heterocycles. The quantitative estimate of drug-likeness (QED) is 0.523. The molecule has 0 aliphatic rings. The van der Waals surface area contributed by atoms with Gasteiger partial charge in [0.15, 0.2) is 0 Å². The fourth-order valence-electron chi connectivity index (χ4n) is 0.277. The Morgan fingerprint density at radius 2 is 2.00 bits per heavy atom. The van der Waals surface area contributed by atoms with Gasteiger partial charge in [-0.3, -0.25) is 0 Å². The van der Waals surface area contributed by atoms with Gasteiger partial charge < -0.3 is 11.1 Å². The van der Waals surface area contributed by atoms with E-state index >= 15 is 0 Å². The maximum atomic E-state index is 3.66. The fraction of sp³-hybridized carbons (Fsp3) is 0. The average molecular weight is 273 g/mol. The number of nitrogens with two attached hydrogens (primary N) is 1. The molecule has 0 aromatic carbocycles. The molecule has 1 aromatic heterocycles. The number of hydrogen-bond donors (Lipinski definition) is 0. The summed E-state index contributed by atoms with van der Waals surface area (Å²) >= 11 is 0. The summed E-state index contributed by atoms with van der Waals surface area (Å²) in [5.74, 6) is 0. The molecule has 2 nitrogen and oxygen atoms in total. The Balaban J connectivity index is 0. The molecule has 2 N–H and O–H groups in total. The molecule has 8 heavy (non-hydrogen) atoms. The SMILES string of the molecule is [Hf].[NH2-].[c-]1ccccn1. The Morgan fingerprint density at radius 1 is 1.25 bits per heavy atom. The maximum Gasteiger partial charge on any atom is 0 e. The van der Waals surface area contributed by atoms with E-state index in [4.69, 9.17) is 0 Å². The number of aromatic nitrogens is 1. The van der Waals surface area contributed by atoms with Gasteiger partial charge >= 0.3 is 0 Å². The maximum absolute atomic E-state index is 3.66. The standard InChI is InChI=1S/C5H4N.Hf.H2N/c1-2-4-6-5-3-1;;/h1-4H;;1H2/q-1;;-1. The van der Waals surface area contributed by atoms with Crippen LogP contribution in [0.15, 0.2) is 24.4 Å². The topological polar surface area (TPSA) is 46.4 Å². The second-order valence-electron chi connectivity index (χ2n) is 0.959. The summed E-state index contributed by atoms with van der Waals surface area (Å²) in [6, 6.07) is 5.50. The average Bonchev–Trinajstić information content (AvgIpc) is 1.72. The molecule has 0 radical (unpaired) electrons. The normalized spacial score (nSPS) is 6.00. The van der Waals surface area contributed by atoms with Gasteiger partial charge in [0.25, 0.3) is 0 Å². The summed E-state index contributed by atoms with van der Waals surface area (Å²) in [5, 5.41) is 0. The van der Waals surface area contributed by atoms with E-state index in [1.54, 1.807) is 12.3 Å². The van der Waals surface area contributed by atoms with E-state index in [1.165, 1.54) is 0 Å². The zero-order chi connectivity index (χ0) is 4.24. The first-order chi connectivity index (χ1) is 3.00. The summed E-state index contributed by atoms with van der Waals surface area (Å²) in [7, 11) is 0. The van der Waals surface area contributed by atoms with Crippen molar-refractivity contribution in [2.45, 2.75) is 0 Å².